The van der Waals surface area contributed by atoms with Crippen LogP contribution in [-0.2, 0) is 12.8 Å². The third kappa shape index (κ3) is 8.82. The molecule has 0 heterocycles. The Kier molecular flexibility index (Phi) is 12.1. The fourth-order valence-corrected chi connectivity index (χ4v) is 6.12. The molecule has 0 unspecified atom stereocenters. The number of carbonyl (C=O) groups is 1. The van der Waals surface area contributed by atoms with E-state index in [0.717, 1.165) is 13.0 Å². The van der Waals surface area contributed by atoms with Gasteiger partial charge < -0.3 is 30.2 Å². The average Bonchev–Trinajstić information content (AvgIpc) is 3.08. The summed E-state index contributed by atoms with van der Waals surface area (Å²) in [7, 11) is 1.97. The van der Waals surface area contributed by atoms with Crippen molar-refractivity contribution in [3.05, 3.63) is 114 Å². The zero-order valence-corrected chi connectivity index (χ0v) is 28.0. The Balaban J connectivity index is 1.41. The van der Waals surface area contributed by atoms with Crippen LogP contribution in [0.3, 0.4) is 0 Å². The highest BCUT2D eigenvalue weighted by Gasteiger charge is 2.22. The van der Waals surface area contributed by atoms with Crippen molar-refractivity contribution in [1.29, 1.82) is 0 Å². The summed E-state index contributed by atoms with van der Waals surface area (Å²) in [5.74, 6) is 1.32. The standard InChI is InChI=1S/C40H47N3O4/c1-5-45-37-24-33(25-38(46-6-2)39(37)47-7-3)40(44)43-35(23-32-17-12-16-30-14-10-11-18-36(30)32)27-42-34(26-41-4)22-28-19-20-29-13-8-9-15-31(29)21-28/h8-21,24-25,34-35,41-42H,5-7,22-23,26-27H2,1-4H3,(H,43,44)/t34-,35-/m1/s1. The SMILES string of the molecule is CCOc1cc(C(=O)N[C@@H](CN[C@@H](CNC)Cc2ccc3ccccc3c2)Cc2cccc3ccccc23)cc(OCC)c1OCC. The number of hydrogen-bond acceptors (Lipinski definition) is 6. The van der Waals surface area contributed by atoms with E-state index >= 15 is 0 Å². The zero-order valence-electron chi connectivity index (χ0n) is 28.0. The van der Waals surface area contributed by atoms with E-state index in [1.807, 2.05) is 27.8 Å². The number of likely N-dealkylation sites (N-methyl/N-ethyl adjacent to an activating group) is 1. The third-order valence-electron chi connectivity index (χ3n) is 8.25. The van der Waals surface area contributed by atoms with E-state index in [1.54, 1.807) is 12.1 Å². The van der Waals surface area contributed by atoms with Crippen LogP contribution in [0.1, 0.15) is 42.3 Å². The maximum absolute atomic E-state index is 14.0. The molecule has 0 aliphatic heterocycles. The highest BCUT2D eigenvalue weighted by molar-refractivity contribution is 5.96. The molecule has 0 aromatic heterocycles. The Hall–Kier alpha value is -4.59. The summed E-state index contributed by atoms with van der Waals surface area (Å²) in [6, 6.07) is 33.3. The minimum absolute atomic E-state index is 0.160. The number of nitrogens with one attached hydrogen (secondary N) is 3. The van der Waals surface area contributed by atoms with Gasteiger partial charge in [-0.05, 0) is 85.5 Å². The molecule has 7 nitrogen and oxygen atoms in total. The van der Waals surface area contributed by atoms with Crippen LogP contribution in [0.15, 0.2) is 97.1 Å². The largest absolute Gasteiger partial charge is 0.490 e. The molecule has 246 valence electrons. The number of fused-ring (bicyclic) bond motifs is 2. The maximum atomic E-state index is 14.0. The third-order valence-corrected chi connectivity index (χ3v) is 8.25. The predicted molar refractivity (Wildman–Crippen MR) is 192 cm³/mol. The van der Waals surface area contributed by atoms with Crippen molar-refractivity contribution in [3.8, 4) is 17.2 Å². The van der Waals surface area contributed by atoms with Gasteiger partial charge in [0.1, 0.15) is 0 Å². The van der Waals surface area contributed by atoms with Crippen molar-refractivity contribution >= 4 is 27.5 Å². The van der Waals surface area contributed by atoms with E-state index in [-0.39, 0.29) is 18.0 Å². The lowest BCUT2D eigenvalue weighted by Gasteiger charge is -2.25. The van der Waals surface area contributed by atoms with Gasteiger partial charge in [0, 0.05) is 30.7 Å². The second-order valence-corrected chi connectivity index (χ2v) is 11.7. The first-order chi connectivity index (χ1) is 23.0. The summed E-state index contributed by atoms with van der Waals surface area (Å²) < 4.78 is 17.7. The van der Waals surface area contributed by atoms with E-state index in [2.05, 4.69) is 101 Å². The highest BCUT2D eigenvalue weighted by atomic mass is 16.5. The summed E-state index contributed by atoms with van der Waals surface area (Å²) in [4.78, 5) is 14.0. The number of amides is 1. The van der Waals surface area contributed by atoms with Crippen LogP contribution in [0.25, 0.3) is 21.5 Å². The lowest BCUT2D eigenvalue weighted by molar-refractivity contribution is 0.0934. The molecule has 5 aromatic rings. The molecule has 0 radical (unpaired) electrons. The molecular weight excluding hydrogens is 586 g/mol. The van der Waals surface area contributed by atoms with Crippen LogP contribution in [0.4, 0.5) is 0 Å². The second kappa shape index (κ2) is 16.8. The number of rotatable bonds is 17. The normalized spacial score (nSPS) is 12.5. The van der Waals surface area contributed by atoms with E-state index in [0.29, 0.717) is 55.6 Å². The molecule has 5 rings (SSSR count). The first-order valence-corrected chi connectivity index (χ1v) is 16.7. The molecule has 0 spiro atoms. The van der Waals surface area contributed by atoms with Gasteiger partial charge in [0.05, 0.1) is 19.8 Å². The molecule has 1 amide bonds. The smallest absolute Gasteiger partial charge is 0.251 e. The van der Waals surface area contributed by atoms with Crippen LogP contribution in [0.5, 0.6) is 17.2 Å². The minimum atomic E-state index is -0.193. The summed E-state index contributed by atoms with van der Waals surface area (Å²) >= 11 is 0. The van der Waals surface area contributed by atoms with E-state index in [9.17, 15) is 4.79 Å². The van der Waals surface area contributed by atoms with Gasteiger partial charge >= 0.3 is 0 Å². The zero-order chi connectivity index (χ0) is 33.0. The van der Waals surface area contributed by atoms with Gasteiger partial charge in [-0.2, -0.15) is 0 Å². The molecule has 0 bridgehead atoms. The minimum Gasteiger partial charge on any atom is -0.490 e. The van der Waals surface area contributed by atoms with Crippen LogP contribution in [0, 0.1) is 0 Å². The van der Waals surface area contributed by atoms with Crippen molar-refractivity contribution in [2.45, 2.75) is 45.7 Å². The van der Waals surface area contributed by atoms with Crippen LogP contribution < -0.4 is 30.2 Å². The van der Waals surface area contributed by atoms with Crippen molar-refractivity contribution in [2.75, 3.05) is 40.0 Å². The molecule has 0 saturated carbocycles. The number of hydrogen-bond donors (Lipinski definition) is 3. The number of ether oxygens (including phenoxy) is 3. The van der Waals surface area contributed by atoms with Crippen molar-refractivity contribution in [2.24, 2.45) is 0 Å². The van der Waals surface area contributed by atoms with Crippen LogP contribution in [0.2, 0.25) is 0 Å². The van der Waals surface area contributed by atoms with Crippen LogP contribution in [-0.4, -0.2) is 57.9 Å². The van der Waals surface area contributed by atoms with Gasteiger partial charge in [0.25, 0.3) is 5.91 Å². The molecule has 0 aliphatic rings. The lowest BCUT2D eigenvalue weighted by Crippen LogP contribution is -2.48. The molecule has 7 heteroatoms. The van der Waals surface area contributed by atoms with E-state index in [4.69, 9.17) is 14.2 Å². The van der Waals surface area contributed by atoms with Gasteiger partial charge in [0.15, 0.2) is 11.5 Å². The van der Waals surface area contributed by atoms with Gasteiger partial charge in [-0.15, -0.1) is 0 Å². The summed E-state index contributed by atoms with van der Waals surface area (Å²) in [5.41, 5.74) is 2.92. The van der Waals surface area contributed by atoms with Gasteiger partial charge in [-0.1, -0.05) is 84.9 Å². The Morgan fingerprint density at radius 2 is 1.32 bits per heavy atom. The molecule has 0 fully saturated rings. The lowest BCUT2D eigenvalue weighted by atomic mass is 9.97. The number of carbonyl (C=O) groups excluding carboxylic acids is 1. The summed E-state index contributed by atoms with van der Waals surface area (Å²) in [6.45, 7) is 8.44. The Morgan fingerprint density at radius 1 is 0.660 bits per heavy atom. The Bertz CT molecular complexity index is 1740. The monoisotopic (exact) mass is 633 g/mol. The quantitative estimate of drug-likeness (QED) is 0.103. The first-order valence-electron chi connectivity index (χ1n) is 16.7. The van der Waals surface area contributed by atoms with Crippen molar-refractivity contribution < 1.29 is 19.0 Å². The summed E-state index contributed by atoms with van der Waals surface area (Å²) in [6.07, 6.45) is 1.52. The fourth-order valence-electron chi connectivity index (χ4n) is 6.12. The van der Waals surface area contributed by atoms with Gasteiger partial charge in [0.2, 0.25) is 5.75 Å². The molecule has 0 aliphatic carbocycles. The molecule has 0 saturated heterocycles. The van der Waals surface area contributed by atoms with E-state index < -0.39 is 0 Å². The van der Waals surface area contributed by atoms with Gasteiger partial charge in [-0.3, -0.25) is 4.79 Å². The molecular formula is C40H47N3O4. The second-order valence-electron chi connectivity index (χ2n) is 11.7. The average molecular weight is 634 g/mol. The highest BCUT2D eigenvalue weighted by Crippen LogP contribution is 2.39. The molecule has 3 N–H and O–H groups in total. The van der Waals surface area contributed by atoms with Crippen molar-refractivity contribution in [1.82, 2.24) is 16.0 Å². The molecule has 2 atom stereocenters. The van der Waals surface area contributed by atoms with Crippen molar-refractivity contribution in [3.63, 3.8) is 0 Å². The first kappa shape index (κ1) is 33.8. The Labute approximate surface area is 278 Å². The predicted octanol–water partition coefficient (Wildman–Crippen LogP) is 6.95. The Morgan fingerprint density at radius 3 is 2.02 bits per heavy atom. The van der Waals surface area contributed by atoms with E-state index in [1.165, 1.54) is 32.7 Å². The topological polar surface area (TPSA) is 80.9 Å². The molecule has 5 aromatic carbocycles. The van der Waals surface area contributed by atoms with Gasteiger partial charge in [-0.25, -0.2) is 0 Å². The fraction of sp³-hybridized carbons (Fsp3) is 0.325. The maximum Gasteiger partial charge on any atom is 0.251 e. The molecule has 47 heavy (non-hydrogen) atoms. The number of benzene rings is 5. The van der Waals surface area contributed by atoms with Crippen LogP contribution >= 0.6 is 0 Å². The summed E-state index contributed by atoms with van der Waals surface area (Å²) in [5, 5.41) is 15.3.